The SMILES string of the molecule is CC1(C)c2ccc(-c3cnn(Cc4cnc(Cl)cn4)c3)cc2-n2c1nc(=O)c1c(Cl)cccc12. The molecule has 2 aromatic carbocycles. The van der Waals surface area contributed by atoms with Crippen LogP contribution in [0.1, 0.15) is 30.9 Å². The Hall–Kier alpha value is -3.55. The molecule has 3 aromatic heterocycles. The molecule has 0 saturated carbocycles. The van der Waals surface area contributed by atoms with Crippen molar-refractivity contribution in [2.75, 3.05) is 0 Å². The van der Waals surface area contributed by atoms with Crippen LogP contribution in [0, 0.1) is 0 Å². The van der Waals surface area contributed by atoms with Gasteiger partial charge in [0.1, 0.15) is 11.0 Å². The molecule has 0 radical (unpaired) electrons. The highest BCUT2D eigenvalue weighted by Crippen LogP contribution is 2.44. The number of fused-ring (bicyclic) bond motifs is 5. The molecule has 9 heteroatoms. The van der Waals surface area contributed by atoms with E-state index in [1.807, 2.05) is 29.2 Å². The summed E-state index contributed by atoms with van der Waals surface area (Å²) in [6.07, 6.45) is 6.96. The first-order valence-electron chi connectivity index (χ1n) is 10.7. The van der Waals surface area contributed by atoms with Crippen LogP contribution >= 0.6 is 23.2 Å². The zero-order chi connectivity index (χ0) is 23.6. The summed E-state index contributed by atoms with van der Waals surface area (Å²) in [4.78, 5) is 25.6. The van der Waals surface area contributed by atoms with Crippen LogP contribution in [0.5, 0.6) is 0 Å². The van der Waals surface area contributed by atoms with E-state index in [-0.39, 0.29) is 5.56 Å². The molecule has 0 atom stereocenters. The average Bonchev–Trinajstić information content (AvgIpc) is 3.36. The Morgan fingerprint density at radius 3 is 2.65 bits per heavy atom. The van der Waals surface area contributed by atoms with Gasteiger partial charge in [-0.05, 0) is 43.2 Å². The van der Waals surface area contributed by atoms with Gasteiger partial charge in [-0.1, -0.05) is 41.4 Å². The predicted molar refractivity (Wildman–Crippen MR) is 132 cm³/mol. The van der Waals surface area contributed by atoms with Crippen LogP contribution in [0.15, 0.2) is 66.0 Å². The van der Waals surface area contributed by atoms with Gasteiger partial charge in [0, 0.05) is 11.8 Å². The maximum absolute atomic E-state index is 12.8. The molecule has 0 bridgehead atoms. The van der Waals surface area contributed by atoms with Crippen molar-refractivity contribution in [1.29, 1.82) is 0 Å². The van der Waals surface area contributed by atoms with Crippen LogP contribution in [0.2, 0.25) is 10.2 Å². The minimum atomic E-state index is -0.430. The number of benzene rings is 2. The van der Waals surface area contributed by atoms with E-state index in [0.717, 1.165) is 33.6 Å². The summed E-state index contributed by atoms with van der Waals surface area (Å²) in [6, 6.07) is 11.8. The van der Waals surface area contributed by atoms with Crippen LogP contribution in [-0.4, -0.2) is 29.3 Å². The largest absolute Gasteiger partial charge is 0.296 e. The van der Waals surface area contributed by atoms with Gasteiger partial charge in [-0.3, -0.25) is 19.0 Å². The van der Waals surface area contributed by atoms with Gasteiger partial charge in [0.25, 0.3) is 5.56 Å². The first-order valence-corrected chi connectivity index (χ1v) is 11.4. The third kappa shape index (κ3) is 3.15. The van der Waals surface area contributed by atoms with Crippen molar-refractivity contribution >= 4 is 34.1 Å². The molecule has 1 aliphatic heterocycles. The summed E-state index contributed by atoms with van der Waals surface area (Å²) < 4.78 is 3.86. The van der Waals surface area contributed by atoms with Gasteiger partial charge in [-0.25, -0.2) is 4.98 Å². The van der Waals surface area contributed by atoms with Gasteiger partial charge in [0.05, 0.1) is 57.9 Å². The monoisotopic (exact) mass is 488 g/mol. The Kier molecular flexibility index (Phi) is 4.62. The fraction of sp³-hybridized carbons (Fsp3) is 0.160. The standard InChI is InChI=1S/C25H18Cl2N6O/c1-25(2)17-7-6-14(15-9-30-32(12-15)13-16-10-29-21(27)11-28-16)8-20(17)33-19-5-3-4-18(26)22(19)23(34)31-24(25)33/h3-12H,13H2,1-2H3. The molecule has 168 valence electrons. The van der Waals surface area contributed by atoms with Gasteiger partial charge in [-0.15, -0.1) is 0 Å². The van der Waals surface area contributed by atoms with Crippen LogP contribution in [0.3, 0.4) is 0 Å². The van der Waals surface area contributed by atoms with Crippen molar-refractivity contribution in [1.82, 2.24) is 29.3 Å². The molecule has 0 aliphatic carbocycles. The topological polar surface area (TPSA) is 78.5 Å². The number of halogens is 2. The lowest BCUT2D eigenvalue weighted by molar-refractivity contribution is 0.610. The molecule has 34 heavy (non-hydrogen) atoms. The van der Waals surface area contributed by atoms with E-state index in [4.69, 9.17) is 23.2 Å². The van der Waals surface area contributed by atoms with Gasteiger partial charge in [0.2, 0.25) is 0 Å². The molecule has 0 N–H and O–H groups in total. The lowest BCUT2D eigenvalue weighted by atomic mass is 9.85. The number of nitrogens with zero attached hydrogens (tertiary/aromatic N) is 6. The normalized spacial score (nSPS) is 13.8. The second kappa shape index (κ2) is 7.48. The molecule has 0 amide bonds. The summed E-state index contributed by atoms with van der Waals surface area (Å²) in [5.41, 5.74) is 4.83. The van der Waals surface area contributed by atoms with E-state index in [1.165, 1.54) is 6.20 Å². The van der Waals surface area contributed by atoms with E-state index in [2.05, 4.69) is 56.7 Å². The Morgan fingerprint density at radius 2 is 1.85 bits per heavy atom. The van der Waals surface area contributed by atoms with Crippen LogP contribution in [0.25, 0.3) is 27.7 Å². The first-order chi connectivity index (χ1) is 16.3. The zero-order valence-corrected chi connectivity index (χ0v) is 19.8. The van der Waals surface area contributed by atoms with Crippen LogP contribution in [0.4, 0.5) is 0 Å². The fourth-order valence-electron chi connectivity index (χ4n) is 4.62. The first kappa shape index (κ1) is 21.0. The average molecular weight is 489 g/mol. The molecule has 5 aromatic rings. The molecule has 0 spiro atoms. The third-order valence-corrected chi connectivity index (χ3v) is 6.81. The summed E-state index contributed by atoms with van der Waals surface area (Å²) in [5, 5.41) is 5.68. The zero-order valence-electron chi connectivity index (χ0n) is 18.3. The molecule has 0 saturated heterocycles. The van der Waals surface area contributed by atoms with E-state index < -0.39 is 5.41 Å². The molecule has 4 heterocycles. The molecular formula is C25H18Cl2N6O. The van der Waals surface area contributed by atoms with Crippen molar-refractivity contribution in [2.45, 2.75) is 25.8 Å². The van der Waals surface area contributed by atoms with E-state index in [0.29, 0.717) is 27.9 Å². The van der Waals surface area contributed by atoms with Crippen molar-refractivity contribution < 1.29 is 0 Å². The molecule has 1 aliphatic rings. The second-order valence-corrected chi connectivity index (χ2v) is 9.62. The molecule has 6 rings (SSSR count). The molecular weight excluding hydrogens is 471 g/mol. The summed E-state index contributed by atoms with van der Waals surface area (Å²) >= 11 is 12.2. The lowest BCUT2D eigenvalue weighted by Crippen LogP contribution is -2.24. The maximum atomic E-state index is 12.8. The minimum Gasteiger partial charge on any atom is -0.296 e. The number of aromatic nitrogens is 6. The molecule has 7 nitrogen and oxygen atoms in total. The third-order valence-electron chi connectivity index (χ3n) is 6.30. The number of hydrogen-bond donors (Lipinski definition) is 0. The van der Waals surface area contributed by atoms with E-state index in [1.54, 1.807) is 12.3 Å². The highest BCUT2D eigenvalue weighted by atomic mass is 35.5. The summed E-state index contributed by atoms with van der Waals surface area (Å²) in [5.74, 6) is 0.705. The van der Waals surface area contributed by atoms with Gasteiger partial charge < -0.3 is 0 Å². The second-order valence-electron chi connectivity index (χ2n) is 8.82. The van der Waals surface area contributed by atoms with Crippen molar-refractivity contribution in [2.24, 2.45) is 0 Å². The summed E-state index contributed by atoms with van der Waals surface area (Å²) in [7, 11) is 0. The molecule has 0 fully saturated rings. The van der Waals surface area contributed by atoms with Crippen LogP contribution in [-0.2, 0) is 12.0 Å². The van der Waals surface area contributed by atoms with Crippen LogP contribution < -0.4 is 5.56 Å². The Morgan fingerprint density at radius 1 is 1.00 bits per heavy atom. The Labute approximate surface area is 204 Å². The highest BCUT2D eigenvalue weighted by Gasteiger charge is 2.38. The quantitative estimate of drug-likeness (QED) is 0.355. The van der Waals surface area contributed by atoms with Crippen molar-refractivity contribution in [3.63, 3.8) is 0 Å². The van der Waals surface area contributed by atoms with Gasteiger partial charge >= 0.3 is 0 Å². The van der Waals surface area contributed by atoms with Crippen molar-refractivity contribution in [3.8, 4) is 16.8 Å². The Balaban J connectivity index is 1.47. The van der Waals surface area contributed by atoms with Gasteiger partial charge in [0.15, 0.2) is 0 Å². The van der Waals surface area contributed by atoms with E-state index in [9.17, 15) is 4.79 Å². The van der Waals surface area contributed by atoms with E-state index >= 15 is 0 Å². The molecule has 0 unspecified atom stereocenters. The maximum Gasteiger partial charge on any atom is 0.282 e. The summed E-state index contributed by atoms with van der Waals surface area (Å²) in [6.45, 7) is 4.65. The smallest absolute Gasteiger partial charge is 0.282 e. The van der Waals surface area contributed by atoms with Gasteiger partial charge in [-0.2, -0.15) is 10.1 Å². The highest BCUT2D eigenvalue weighted by molar-refractivity contribution is 6.35. The van der Waals surface area contributed by atoms with Crippen molar-refractivity contribution in [3.05, 3.63) is 98.8 Å². The number of rotatable bonds is 3. The lowest BCUT2D eigenvalue weighted by Gasteiger charge is -2.18. The Bertz CT molecular complexity index is 1650. The fourth-order valence-corrected chi connectivity index (χ4v) is 4.97. The number of hydrogen-bond acceptors (Lipinski definition) is 5. The minimum absolute atomic E-state index is 0.306. The predicted octanol–water partition coefficient (Wildman–Crippen LogP) is 5.03.